The Morgan fingerprint density at radius 2 is 2.25 bits per heavy atom. The van der Waals surface area contributed by atoms with Crippen LogP contribution in [-0.4, -0.2) is 26.1 Å². The van der Waals surface area contributed by atoms with Crippen LogP contribution in [0.2, 0.25) is 0 Å². The van der Waals surface area contributed by atoms with Crippen molar-refractivity contribution >= 4 is 11.5 Å². The third-order valence-corrected chi connectivity index (χ3v) is 2.92. The second-order valence-corrected chi connectivity index (χ2v) is 4.34. The summed E-state index contributed by atoms with van der Waals surface area (Å²) in [4.78, 5) is 15.4. The van der Waals surface area contributed by atoms with E-state index in [0.29, 0.717) is 24.4 Å². The van der Waals surface area contributed by atoms with E-state index in [2.05, 4.69) is 20.5 Å². The van der Waals surface area contributed by atoms with Crippen molar-refractivity contribution in [1.82, 2.24) is 19.6 Å². The van der Waals surface area contributed by atoms with Crippen LogP contribution >= 0.6 is 0 Å². The Bertz CT molecular complexity index is 795. The first-order chi connectivity index (χ1) is 9.72. The van der Waals surface area contributed by atoms with Crippen LogP contribution in [0.5, 0.6) is 0 Å². The van der Waals surface area contributed by atoms with Crippen LogP contribution in [0.4, 0.5) is 10.2 Å². The third-order valence-electron chi connectivity index (χ3n) is 2.92. The summed E-state index contributed by atoms with van der Waals surface area (Å²) in [6.45, 7) is 0.612. The van der Waals surface area contributed by atoms with Crippen molar-refractivity contribution in [2.75, 3.05) is 11.9 Å². The molecule has 20 heavy (non-hydrogen) atoms. The Morgan fingerprint density at radius 1 is 1.35 bits per heavy atom. The molecule has 2 aromatic heterocycles. The topological polar surface area (TPSA) is 75.1 Å². The van der Waals surface area contributed by atoms with E-state index in [4.69, 9.17) is 0 Å². The molecule has 0 aliphatic rings. The van der Waals surface area contributed by atoms with Gasteiger partial charge in [-0.3, -0.25) is 0 Å². The highest BCUT2D eigenvalue weighted by Gasteiger charge is 2.02. The van der Waals surface area contributed by atoms with Gasteiger partial charge in [-0.05, 0) is 24.1 Å². The summed E-state index contributed by atoms with van der Waals surface area (Å²) in [5.41, 5.74) is 1.09. The molecule has 0 aliphatic heterocycles. The molecule has 6 nitrogen and oxygen atoms in total. The normalized spacial score (nSPS) is 10.8. The number of nitrogens with one attached hydrogen (secondary N) is 2. The first-order valence-electron chi connectivity index (χ1n) is 6.13. The fraction of sp³-hybridized carbons (Fsp3) is 0.154. The molecule has 102 valence electrons. The average molecular weight is 273 g/mol. The standard InChI is InChI=1S/C13H12FN5O/c14-10-3-1-2-9(6-10)4-5-15-11-7-12-17-18-13(20)19(12)8-16-11/h1-3,6-8,15H,4-5H2,(H,18,20). The van der Waals surface area contributed by atoms with E-state index in [1.807, 2.05) is 6.07 Å². The summed E-state index contributed by atoms with van der Waals surface area (Å²) in [5, 5.41) is 9.30. The monoisotopic (exact) mass is 273 g/mol. The summed E-state index contributed by atoms with van der Waals surface area (Å²) in [7, 11) is 0. The molecule has 3 rings (SSSR count). The molecule has 0 spiro atoms. The lowest BCUT2D eigenvalue weighted by Gasteiger charge is -2.05. The quantitative estimate of drug-likeness (QED) is 0.749. The Kier molecular flexibility index (Phi) is 3.16. The summed E-state index contributed by atoms with van der Waals surface area (Å²) in [6, 6.07) is 8.15. The van der Waals surface area contributed by atoms with Gasteiger partial charge in [-0.2, -0.15) is 5.10 Å². The van der Waals surface area contributed by atoms with E-state index in [1.54, 1.807) is 12.1 Å². The summed E-state index contributed by atoms with van der Waals surface area (Å²) in [5.74, 6) is 0.380. The maximum absolute atomic E-state index is 13.0. The molecule has 0 saturated carbocycles. The zero-order chi connectivity index (χ0) is 13.9. The minimum absolute atomic E-state index is 0.238. The number of rotatable bonds is 4. The molecule has 2 heterocycles. The minimum atomic E-state index is -0.321. The lowest BCUT2D eigenvalue weighted by molar-refractivity contribution is 0.625. The zero-order valence-electron chi connectivity index (χ0n) is 10.5. The van der Waals surface area contributed by atoms with Gasteiger partial charge in [-0.25, -0.2) is 23.7 Å². The van der Waals surface area contributed by atoms with E-state index >= 15 is 0 Å². The van der Waals surface area contributed by atoms with Crippen LogP contribution in [0.3, 0.4) is 0 Å². The SMILES string of the molecule is O=c1[nH]nc2cc(NCCc3cccc(F)c3)ncn12. The van der Waals surface area contributed by atoms with Crippen molar-refractivity contribution in [2.24, 2.45) is 0 Å². The van der Waals surface area contributed by atoms with Gasteiger partial charge in [-0.1, -0.05) is 12.1 Å². The van der Waals surface area contributed by atoms with Gasteiger partial charge in [0.05, 0.1) is 0 Å². The Morgan fingerprint density at radius 3 is 3.10 bits per heavy atom. The Hall–Kier alpha value is -2.70. The van der Waals surface area contributed by atoms with Crippen LogP contribution in [0.1, 0.15) is 5.56 Å². The van der Waals surface area contributed by atoms with Crippen molar-refractivity contribution in [3.8, 4) is 0 Å². The average Bonchev–Trinajstić information content (AvgIpc) is 2.80. The molecule has 7 heteroatoms. The maximum Gasteiger partial charge on any atom is 0.348 e. The van der Waals surface area contributed by atoms with Gasteiger partial charge in [-0.15, -0.1) is 0 Å². The molecule has 1 aromatic carbocycles. The van der Waals surface area contributed by atoms with Crippen LogP contribution in [0.15, 0.2) is 41.5 Å². The number of aromatic amines is 1. The zero-order valence-corrected chi connectivity index (χ0v) is 10.5. The molecule has 0 radical (unpaired) electrons. The maximum atomic E-state index is 13.0. The molecule has 0 bridgehead atoms. The van der Waals surface area contributed by atoms with Gasteiger partial charge in [0, 0.05) is 12.6 Å². The first-order valence-corrected chi connectivity index (χ1v) is 6.13. The van der Waals surface area contributed by atoms with Crippen molar-refractivity contribution in [1.29, 1.82) is 0 Å². The predicted molar refractivity (Wildman–Crippen MR) is 72.2 cm³/mol. The molecule has 0 saturated heterocycles. The van der Waals surface area contributed by atoms with Crippen molar-refractivity contribution in [3.63, 3.8) is 0 Å². The molecular weight excluding hydrogens is 261 g/mol. The molecule has 0 fully saturated rings. The van der Waals surface area contributed by atoms with E-state index in [1.165, 1.54) is 22.9 Å². The van der Waals surface area contributed by atoms with Gasteiger partial charge in [0.1, 0.15) is 18.0 Å². The van der Waals surface area contributed by atoms with Gasteiger partial charge in [0.2, 0.25) is 0 Å². The number of halogens is 1. The predicted octanol–water partition coefficient (Wildman–Crippen LogP) is 1.21. The fourth-order valence-corrected chi connectivity index (χ4v) is 1.93. The Labute approximate surface area is 113 Å². The van der Waals surface area contributed by atoms with E-state index in [9.17, 15) is 9.18 Å². The number of nitrogens with zero attached hydrogens (tertiary/aromatic N) is 3. The number of benzene rings is 1. The Balaban J connectivity index is 1.66. The summed E-state index contributed by atoms with van der Waals surface area (Å²) < 4.78 is 14.3. The molecular formula is C13H12FN5O. The summed E-state index contributed by atoms with van der Waals surface area (Å²) >= 11 is 0. The number of fused-ring (bicyclic) bond motifs is 1. The van der Waals surface area contributed by atoms with E-state index in [0.717, 1.165) is 5.56 Å². The van der Waals surface area contributed by atoms with Crippen LogP contribution in [0.25, 0.3) is 5.65 Å². The minimum Gasteiger partial charge on any atom is -0.370 e. The van der Waals surface area contributed by atoms with Gasteiger partial charge >= 0.3 is 5.69 Å². The number of aromatic nitrogens is 4. The molecule has 0 amide bonds. The summed E-state index contributed by atoms with van der Waals surface area (Å²) in [6.07, 6.45) is 2.09. The number of hydrogen-bond donors (Lipinski definition) is 2. The second kappa shape index (κ2) is 5.12. The highest BCUT2D eigenvalue weighted by atomic mass is 19.1. The fourth-order valence-electron chi connectivity index (χ4n) is 1.93. The van der Waals surface area contributed by atoms with Gasteiger partial charge in [0.15, 0.2) is 5.65 Å². The molecule has 2 N–H and O–H groups in total. The van der Waals surface area contributed by atoms with Crippen molar-refractivity contribution in [2.45, 2.75) is 6.42 Å². The lowest BCUT2D eigenvalue weighted by Crippen LogP contribution is -2.11. The second-order valence-electron chi connectivity index (χ2n) is 4.34. The van der Waals surface area contributed by atoms with Crippen LogP contribution < -0.4 is 11.0 Å². The molecule has 3 aromatic rings. The number of hydrogen-bond acceptors (Lipinski definition) is 4. The van der Waals surface area contributed by atoms with Gasteiger partial charge in [0.25, 0.3) is 0 Å². The third kappa shape index (κ3) is 2.51. The van der Waals surface area contributed by atoms with Gasteiger partial charge < -0.3 is 5.32 Å². The van der Waals surface area contributed by atoms with Crippen LogP contribution in [0, 0.1) is 5.82 Å². The smallest absolute Gasteiger partial charge is 0.348 e. The molecule has 0 atom stereocenters. The highest BCUT2D eigenvalue weighted by Crippen LogP contribution is 2.07. The molecule has 0 aliphatic carbocycles. The lowest BCUT2D eigenvalue weighted by atomic mass is 10.1. The van der Waals surface area contributed by atoms with Crippen molar-refractivity contribution < 1.29 is 4.39 Å². The highest BCUT2D eigenvalue weighted by molar-refractivity contribution is 5.48. The number of H-pyrrole nitrogens is 1. The van der Waals surface area contributed by atoms with E-state index < -0.39 is 0 Å². The van der Waals surface area contributed by atoms with Crippen LogP contribution in [-0.2, 0) is 6.42 Å². The number of anilines is 1. The van der Waals surface area contributed by atoms with E-state index in [-0.39, 0.29) is 11.5 Å². The largest absolute Gasteiger partial charge is 0.370 e. The first kappa shape index (κ1) is 12.3. The van der Waals surface area contributed by atoms with Crippen molar-refractivity contribution in [3.05, 3.63) is 58.5 Å². The molecule has 0 unspecified atom stereocenters.